The molecule has 7 nitrogen and oxygen atoms in total. The van der Waals surface area contributed by atoms with E-state index in [1.165, 1.54) is 0 Å². The number of hydrogen-bond donors (Lipinski definition) is 3. The third-order valence-electron chi connectivity index (χ3n) is 4.75. The van der Waals surface area contributed by atoms with Gasteiger partial charge in [-0.25, -0.2) is 0 Å². The van der Waals surface area contributed by atoms with Crippen molar-refractivity contribution in [2.24, 2.45) is 18.7 Å². The molecule has 4 N–H and O–H groups in total. The van der Waals surface area contributed by atoms with E-state index in [9.17, 15) is 9.59 Å². The minimum Gasteiger partial charge on any atom is -0.368 e. The van der Waals surface area contributed by atoms with Gasteiger partial charge in [0.1, 0.15) is 5.54 Å². The molecule has 130 valence electrons. The molecule has 2 heterocycles. The number of aryl methyl sites for hydroxylation is 1. The lowest BCUT2D eigenvalue weighted by molar-refractivity contribution is -0.134. The molecule has 0 spiro atoms. The Morgan fingerprint density at radius 1 is 1.43 bits per heavy atom. The number of halogens is 1. The fourth-order valence-corrected chi connectivity index (χ4v) is 3.10. The van der Waals surface area contributed by atoms with Crippen molar-refractivity contribution in [1.82, 2.24) is 20.4 Å². The maximum Gasteiger partial charge on any atom is 0.243 e. The smallest absolute Gasteiger partial charge is 0.243 e. The van der Waals surface area contributed by atoms with Gasteiger partial charge in [0.2, 0.25) is 11.8 Å². The summed E-state index contributed by atoms with van der Waals surface area (Å²) in [6.45, 7) is 5.04. The fraction of sp³-hybridized carbons (Fsp3) is 0.667. The van der Waals surface area contributed by atoms with Gasteiger partial charge in [-0.05, 0) is 18.4 Å². The summed E-state index contributed by atoms with van der Waals surface area (Å²) in [5.41, 5.74) is 5.58. The number of nitrogens with two attached hydrogens (primary N) is 1. The molecule has 0 radical (unpaired) electrons. The SMILES string of the molecule is CCC(CC)(NC(=O)[C@H]1CNC[C@@H]1c1cnn(C)c1)C(N)=O.Cl. The van der Waals surface area contributed by atoms with E-state index < -0.39 is 11.4 Å². The summed E-state index contributed by atoms with van der Waals surface area (Å²) in [6.07, 6.45) is 4.70. The molecule has 23 heavy (non-hydrogen) atoms. The quantitative estimate of drug-likeness (QED) is 0.691. The average Bonchev–Trinajstić information content (AvgIpc) is 3.12. The van der Waals surface area contributed by atoms with Gasteiger partial charge >= 0.3 is 0 Å². The Balaban J connectivity index is 0.00000264. The van der Waals surface area contributed by atoms with Crippen molar-refractivity contribution in [1.29, 1.82) is 0 Å². The number of hydrogen-bond acceptors (Lipinski definition) is 4. The van der Waals surface area contributed by atoms with E-state index in [4.69, 9.17) is 5.73 Å². The first-order valence-electron chi connectivity index (χ1n) is 7.74. The highest BCUT2D eigenvalue weighted by atomic mass is 35.5. The lowest BCUT2D eigenvalue weighted by atomic mass is 9.87. The lowest BCUT2D eigenvalue weighted by Gasteiger charge is -2.31. The van der Waals surface area contributed by atoms with Gasteiger partial charge in [-0.2, -0.15) is 5.10 Å². The van der Waals surface area contributed by atoms with Crippen molar-refractivity contribution in [3.8, 4) is 0 Å². The molecule has 8 heteroatoms. The molecule has 0 aliphatic carbocycles. The van der Waals surface area contributed by atoms with E-state index in [0.717, 1.165) is 12.1 Å². The van der Waals surface area contributed by atoms with Crippen molar-refractivity contribution >= 4 is 24.2 Å². The van der Waals surface area contributed by atoms with Crippen LogP contribution in [0.25, 0.3) is 0 Å². The van der Waals surface area contributed by atoms with Gasteiger partial charge in [-0.1, -0.05) is 13.8 Å². The molecule has 1 aromatic rings. The molecule has 0 saturated carbocycles. The van der Waals surface area contributed by atoms with E-state index in [-0.39, 0.29) is 30.2 Å². The number of carbonyl (C=O) groups is 2. The van der Waals surface area contributed by atoms with Crippen LogP contribution in [0.5, 0.6) is 0 Å². The van der Waals surface area contributed by atoms with Crippen molar-refractivity contribution in [3.05, 3.63) is 18.0 Å². The second-order valence-corrected chi connectivity index (χ2v) is 5.96. The highest BCUT2D eigenvalue weighted by Crippen LogP contribution is 2.29. The average molecular weight is 344 g/mol. The third kappa shape index (κ3) is 3.84. The van der Waals surface area contributed by atoms with Gasteiger partial charge in [0, 0.05) is 32.3 Å². The van der Waals surface area contributed by atoms with Crippen LogP contribution in [-0.4, -0.2) is 40.2 Å². The van der Waals surface area contributed by atoms with E-state index in [1.807, 2.05) is 27.1 Å². The molecule has 1 fully saturated rings. The zero-order valence-corrected chi connectivity index (χ0v) is 14.7. The summed E-state index contributed by atoms with van der Waals surface area (Å²) < 4.78 is 1.73. The van der Waals surface area contributed by atoms with E-state index >= 15 is 0 Å². The number of nitrogens with one attached hydrogen (secondary N) is 2. The van der Waals surface area contributed by atoms with Crippen LogP contribution in [0.2, 0.25) is 0 Å². The maximum absolute atomic E-state index is 12.7. The minimum absolute atomic E-state index is 0. The molecule has 1 saturated heterocycles. The Bertz CT molecular complexity index is 556. The summed E-state index contributed by atoms with van der Waals surface area (Å²) >= 11 is 0. The number of rotatable bonds is 6. The number of primary amides is 1. The monoisotopic (exact) mass is 343 g/mol. The van der Waals surface area contributed by atoms with Crippen LogP contribution >= 0.6 is 12.4 Å². The zero-order chi connectivity index (χ0) is 16.3. The molecule has 0 unspecified atom stereocenters. The largest absolute Gasteiger partial charge is 0.368 e. The summed E-state index contributed by atoms with van der Waals surface area (Å²) in [4.78, 5) is 24.5. The summed E-state index contributed by atoms with van der Waals surface area (Å²) in [7, 11) is 1.85. The molecule has 0 bridgehead atoms. The van der Waals surface area contributed by atoms with Crippen LogP contribution in [0.3, 0.4) is 0 Å². The second-order valence-electron chi connectivity index (χ2n) is 5.96. The predicted octanol–water partition coefficient (Wildman–Crippen LogP) is 0.305. The molecule has 1 aromatic heterocycles. The molecule has 2 atom stereocenters. The Morgan fingerprint density at radius 3 is 2.57 bits per heavy atom. The predicted molar refractivity (Wildman–Crippen MR) is 90.2 cm³/mol. The Hall–Kier alpha value is -1.60. The van der Waals surface area contributed by atoms with E-state index in [2.05, 4.69) is 15.7 Å². The summed E-state index contributed by atoms with van der Waals surface area (Å²) in [5, 5.41) is 10.3. The van der Waals surface area contributed by atoms with Gasteiger partial charge < -0.3 is 16.4 Å². The topological polar surface area (TPSA) is 102 Å². The zero-order valence-electron chi connectivity index (χ0n) is 13.8. The van der Waals surface area contributed by atoms with Gasteiger partial charge in [0.05, 0.1) is 12.1 Å². The van der Waals surface area contributed by atoms with Crippen molar-refractivity contribution in [3.63, 3.8) is 0 Å². The number of nitrogens with zero attached hydrogens (tertiary/aromatic N) is 2. The number of amides is 2. The number of carbonyl (C=O) groups excluding carboxylic acids is 2. The van der Waals surface area contributed by atoms with Gasteiger partial charge in [-0.15, -0.1) is 12.4 Å². The fourth-order valence-electron chi connectivity index (χ4n) is 3.10. The van der Waals surface area contributed by atoms with Crippen LogP contribution in [0.15, 0.2) is 12.4 Å². The van der Waals surface area contributed by atoms with E-state index in [0.29, 0.717) is 19.4 Å². The maximum atomic E-state index is 12.7. The third-order valence-corrected chi connectivity index (χ3v) is 4.75. The van der Waals surface area contributed by atoms with Crippen molar-refractivity contribution < 1.29 is 9.59 Å². The molecule has 2 amide bonds. The van der Waals surface area contributed by atoms with Gasteiger partial charge in [0.25, 0.3) is 0 Å². The first kappa shape index (κ1) is 19.4. The van der Waals surface area contributed by atoms with Crippen LogP contribution in [0, 0.1) is 5.92 Å². The summed E-state index contributed by atoms with van der Waals surface area (Å²) in [5.74, 6) is -0.759. The van der Waals surface area contributed by atoms with E-state index in [1.54, 1.807) is 10.9 Å². The molecular formula is C15H26ClN5O2. The molecule has 2 rings (SSSR count). The van der Waals surface area contributed by atoms with Crippen LogP contribution in [-0.2, 0) is 16.6 Å². The molecule has 0 aromatic carbocycles. The van der Waals surface area contributed by atoms with Crippen LogP contribution in [0.1, 0.15) is 38.2 Å². The minimum atomic E-state index is -0.959. The van der Waals surface area contributed by atoms with Gasteiger partial charge in [0.15, 0.2) is 0 Å². The second kappa shape index (κ2) is 7.79. The first-order chi connectivity index (χ1) is 10.4. The standard InChI is InChI=1S/C15H25N5O2.ClH/c1-4-15(5-2,14(16)22)19-13(21)12-8-17-7-11(12)10-6-18-20(3)9-10;/h6,9,11-12,17H,4-5,7-8H2,1-3H3,(H2,16,22)(H,19,21);1H/t11-,12+;/m1./s1. The highest BCUT2D eigenvalue weighted by Gasteiger charge is 2.40. The van der Waals surface area contributed by atoms with Crippen LogP contribution < -0.4 is 16.4 Å². The van der Waals surface area contributed by atoms with Gasteiger partial charge in [-0.3, -0.25) is 14.3 Å². The van der Waals surface area contributed by atoms with Crippen molar-refractivity contribution in [2.75, 3.05) is 13.1 Å². The first-order valence-corrected chi connectivity index (χ1v) is 7.74. The normalized spacial score (nSPS) is 20.8. The molecular weight excluding hydrogens is 318 g/mol. The lowest BCUT2D eigenvalue weighted by Crippen LogP contribution is -2.58. The molecule has 1 aliphatic rings. The molecule has 1 aliphatic heterocycles. The summed E-state index contributed by atoms with van der Waals surface area (Å²) in [6, 6.07) is 0. The Labute approximate surface area is 142 Å². The highest BCUT2D eigenvalue weighted by molar-refractivity contribution is 5.91. The Kier molecular flexibility index (Phi) is 6.58. The van der Waals surface area contributed by atoms with Crippen molar-refractivity contribution in [2.45, 2.75) is 38.1 Å². The number of aromatic nitrogens is 2. The van der Waals surface area contributed by atoms with Crippen LogP contribution in [0.4, 0.5) is 0 Å². The Morgan fingerprint density at radius 2 is 2.09 bits per heavy atom.